The molecule has 0 aromatic heterocycles. The fourth-order valence-corrected chi connectivity index (χ4v) is 6.25. The van der Waals surface area contributed by atoms with Crippen LogP contribution in [0, 0.1) is 6.92 Å². The smallest absolute Gasteiger partial charge is 0.243 e. The summed E-state index contributed by atoms with van der Waals surface area (Å²) in [4.78, 5) is 0.293. The van der Waals surface area contributed by atoms with Crippen LogP contribution in [0.2, 0.25) is 0 Å². The van der Waals surface area contributed by atoms with Crippen molar-refractivity contribution in [3.05, 3.63) is 70.8 Å². The highest BCUT2D eigenvalue weighted by molar-refractivity contribution is 7.89. The molecule has 0 fully saturated rings. The minimum Gasteiger partial charge on any atom is -0.493 e. The lowest BCUT2D eigenvalue weighted by atomic mass is 9.84. The molecule has 3 aromatic rings. The molecule has 3 aromatic carbocycles. The lowest BCUT2D eigenvalue weighted by molar-refractivity contribution is 0.340. The van der Waals surface area contributed by atoms with E-state index < -0.39 is 10.0 Å². The molecule has 2 aliphatic heterocycles. The normalized spacial score (nSPS) is 17.1. The van der Waals surface area contributed by atoms with Gasteiger partial charge in [-0.1, -0.05) is 23.8 Å². The Bertz CT molecular complexity index is 1350. The molecule has 178 valence electrons. The zero-order chi connectivity index (χ0) is 24.0. The summed E-state index contributed by atoms with van der Waals surface area (Å²) in [7, 11) is 1.06. The van der Waals surface area contributed by atoms with Crippen LogP contribution in [0.4, 0.5) is 0 Å². The van der Waals surface area contributed by atoms with Crippen molar-refractivity contribution in [1.29, 1.82) is 0 Å². The summed E-state index contributed by atoms with van der Waals surface area (Å²) >= 11 is 0. The van der Waals surface area contributed by atoms with E-state index in [0.717, 1.165) is 22.3 Å². The minimum absolute atomic E-state index is 0.258. The van der Waals surface area contributed by atoms with E-state index in [1.807, 2.05) is 37.3 Å². The zero-order valence-electron chi connectivity index (χ0n) is 19.6. The van der Waals surface area contributed by atoms with E-state index in [4.69, 9.17) is 18.9 Å². The van der Waals surface area contributed by atoms with Crippen LogP contribution in [0.3, 0.4) is 0 Å². The molecule has 1 unspecified atom stereocenters. The summed E-state index contributed by atoms with van der Waals surface area (Å²) < 4.78 is 51.8. The summed E-state index contributed by atoms with van der Waals surface area (Å²) in [6, 6.07) is 14.5. The molecule has 0 saturated carbocycles. The lowest BCUT2D eigenvalue weighted by Crippen LogP contribution is -2.35. The van der Waals surface area contributed by atoms with Crippen LogP contribution in [0.15, 0.2) is 53.4 Å². The highest BCUT2D eigenvalue weighted by atomic mass is 32.2. The topological polar surface area (TPSA) is 74.3 Å². The van der Waals surface area contributed by atoms with Crippen LogP contribution in [-0.2, 0) is 16.4 Å². The SMILES string of the molecule is COc1cc2c(cc1OC)C1CN(S(=O)(=O)c3ccc(C)cc3)CCc3ccc(OC)c(c31)O2. The maximum atomic E-state index is 13.7. The molecule has 0 bridgehead atoms. The Hall–Kier alpha value is -3.23. The maximum absolute atomic E-state index is 13.7. The molecule has 0 aliphatic carbocycles. The van der Waals surface area contributed by atoms with Gasteiger partial charge in [-0.2, -0.15) is 4.31 Å². The monoisotopic (exact) mass is 481 g/mol. The van der Waals surface area contributed by atoms with E-state index in [0.29, 0.717) is 46.6 Å². The first-order valence-corrected chi connectivity index (χ1v) is 12.5. The van der Waals surface area contributed by atoms with Crippen molar-refractivity contribution >= 4 is 10.0 Å². The second-order valence-electron chi connectivity index (χ2n) is 8.50. The molecule has 0 N–H and O–H groups in total. The van der Waals surface area contributed by atoms with Gasteiger partial charge in [0, 0.05) is 36.2 Å². The number of aryl methyl sites for hydroxylation is 1. The Morgan fingerprint density at radius 1 is 0.912 bits per heavy atom. The number of rotatable bonds is 5. The van der Waals surface area contributed by atoms with E-state index in [2.05, 4.69) is 0 Å². The van der Waals surface area contributed by atoms with Gasteiger partial charge >= 0.3 is 0 Å². The number of sulfonamides is 1. The average molecular weight is 482 g/mol. The second-order valence-corrected chi connectivity index (χ2v) is 10.4. The first-order valence-electron chi connectivity index (χ1n) is 11.1. The molecule has 0 spiro atoms. The molecular weight excluding hydrogens is 454 g/mol. The van der Waals surface area contributed by atoms with Gasteiger partial charge < -0.3 is 18.9 Å². The molecule has 0 saturated heterocycles. The van der Waals surface area contributed by atoms with Gasteiger partial charge in [0.15, 0.2) is 23.0 Å². The third-order valence-electron chi connectivity index (χ3n) is 6.60. The van der Waals surface area contributed by atoms with Crippen LogP contribution < -0.4 is 18.9 Å². The molecule has 34 heavy (non-hydrogen) atoms. The third kappa shape index (κ3) is 3.58. The number of fused-ring (bicyclic) bond motifs is 2. The van der Waals surface area contributed by atoms with Gasteiger partial charge in [-0.25, -0.2) is 8.42 Å². The number of hydrogen-bond acceptors (Lipinski definition) is 6. The molecule has 0 amide bonds. The summed E-state index contributed by atoms with van der Waals surface area (Å²) in [5.74, 6) is 2.68. The first-order chi connectivity index (χ1) is 16.4. The van der Waals surface area contributed by atoms with E-state index in [1.165, 1.54) is 0 Å². The van der Waals surface area contributed by atoms with E-state index in [9.17, 15) is 8.42 Å². The minimum atomic E-state index is -3.69. The zero-order valence-corrected chi connectivity index (χ0v) is 20.4. The van der Waals surface area contributed by atoms with Crippen molar-refractivity contribution in [2.24, 2.45) is 0 Å². The summed E-state index contributed by atoms with van der Waals surface area (Å²) in [6.45, 7) is 2.58. The van der Waals surface area contributed by atoms with Gasteiger partial charge in [0.25, 0.3) is 0 Å². The van der Waals surface area contributed by atoms with Gasteiger partial charge in [-0.05, 0) is 43.2 Å². The molecule has 7 nitrogen and oxygen atoms in total. The molecule has 2 heterocycles. The molecule has 0 radical (unpaired) electrons. The van der Waals surface area contributed by atoms with Crippen LogP contribution in [-0.4, -0.2) is 47.1 Å². The second kappa shape index (κ2) is 8.52. The lowest BCUT2D eigenvalue weighted by Gasteiger charge is -2.32. The highest BCUT2D eigenvalue weighted by Gasteiger charge is 2.39. The Labute approximate surface area is 199 Å². The van der Waals surface area contributed by atoms with Gasteiger partial charge in [-0.15, -0.1) is 0 Å². The Morgan fingerprint density at radius 3 is 2.26 bits per heavy atom. The maximum Gasteiger partial charge on any atom is 0.243 e. The molecule has 1 atom stereocenters. The Morgan fingerprint density at radius 2 is 1.59 bits per heavy atom. The predicted octanol–water partition coefficient (Wildman–Crippen LogP) is 4.51. The van der Waals surface area contributed by atoms with Crippen molar-refractivity contribution < 1.29 is 27.4 Å². The standard InChI is InChI=1S/C26H27NO6S/c1-16-5-8-18(9-6-16)34(28,29)27-12-11-17-7-10-21(30-2)26-25(17)20(15-27)19-13-23(31-3)24(32-4)14-22(19)33-26/h5-10,13-14,20H,11-12,15H2,1-4H3. The number of hydrogen-bond donors (Lipinski definition) is 0. The fraction of sp³-hybridized carbons (Fsp3) is 0.308. The Kier molecular flexibility index (Phi) is 5.65. The van der Waals surface area contributed by atoms with E-state index in [1.54, 1.807) is 43.8 Å². The predicted molar refractivity (Wildman–Crippen MR) is 128 cm³/mol. The van der Waals surface area contributed by atoms with Gasteiger partial charge in [0.2, 0.25) is 10.0 Å². The van der Waals surface area contributed by atoms with Gasteiger partial charge in [0.05, 0.1) is 26.2 Å². The molecule has 8 heteroatoms. The number of benzene rings is 3. The van der Waals surface area contributed by atoms with Crippen molar-refractivity contribution in [3.8, 4) is 28.7 Å². The van der Waals surface area contributed by atoms with Crippen molar-refractivity contribution in [1.82, 2.24) is 4.31 Å². The van der Waals surface area contributed by atoms with E-state index >= 15 is 0 Å². The molecule has 2 aliphatic rings. The average Bonchev–Trinajstić information content (AvgIpc) is 3.05. The molecular formula is C26H27NO6S. The highest BCUT2D eigenvalue weighted by Crippen LogP contribution is 2.53. The number of nitrogens with zero attached hydrogens (tertiary/aromatic N) is 1. The number of methoxy groups -OCH3 is 3. The summed E-state index contributed by atoms with van der Waals surface area (Å²) in [5.41, 5.74) is 3.87. The quantitative estimate of drug-likeness (QED) is 0.534. The largest absolute Gasteiger partial charge is 0.493 e. The Balaban J connectivity index is 1.67. The fourth-order valence-electron chi connectivity index (χ4n) is 4.80. The molecule has 5 rings (SSSR count). The van der Waals surface area contributed by atoms with Crippen molar-refractivity contribution in [3.63, 3.8) is 0 Å². The van der Waals surface area contributed by atoms with Crippen LogP contribution in [0.1, 0.15) is 28.2 Å². The summed E-state index contributed by atoms with van der Waals surface area (Å²) in [6.07, 6.45) is 0.569. The van der Waals surface area contributed by atoms with Gasteiger partial charge in [0.1, 0.15) is 5.75 Å². The van der Waals surface area contributed by atoms with E-state index in [-0.39, 0.29) is 12.5 Å². The van der Waals surface area contributed by atoms with Crippen LogP contribution in [0.25, 0.3) is 0 Å². The van der Waals surface area contributed by atoms with Crippen molar-refractivity contribution in [2.75, 3.05) is 34.4 Å². The summed E-state index contributed by atoms with van der Waals surface area (Å²) in [5, 5.41) is 0. The van der Waals surface area contributed by atoms with Gasteiger partial charge in [-0.3, -0.25) is 0 Å². The number of ether oxygens (including phenoxy) is 4. The van der Waals surface area contributed by atoms with Crippen molar-refractivity contribution in [2.45, 2.75) is 24.2 Å². The van der Waals surface area contributed by atoms with Crippen LogP contribution >= 0.6 is 0 Å². The first kappa shape index (κ1) is 22.6. The van der Waals surface area contributed by atoms with Crippen LogP contribution in [0.5, 0.6) is 28.7 Å². The third-order valence-corrected chi connectivity index (χ3v) is 8.48.